The van der Waals surface area contributed by atoms with Gasteiger partial charge in [0.2, 0.25) is 0 Å². The lowest BCUT2D eigenvalue weighted by atomic mass is 9.88. The standard InChI is InChI=1S/C20H30N4S2.HI/c1-15(17-8-11-25-14-17)12-22-20(21-2)23-13-16-6-4-9-24(3)19(16)18-7-5-10-26-18;/h5,7-8,10-11,14-16,19H,4,6,9,12-13H2,1-3H3,(H2,21,22,23);1H. The number of rotatable bonds is 6. The van der Waals surface area contributed by atoms with E-state index >= 15 is 0 Å². The Hall–Kier alpha value is -0.640. The molecule has 0 saturated carbocycles. The van der Waals surface area contributed by atoms with E-state index in [1.54, 1.807) is 11.3 Å². The van der Waals surface area contributed by atoms with E-state index in [1.165, 1.54) is 29.8 Å². The minimum absolute atomic E-state index is 0. The minimum Gasteiger partial charge on any atom is -0.356 e. The zero-order chi connectivity index (χ0) is 18.4. The fourth-order valence-electron chi connectivity index (χ4n) is 3.75. The van der Waals surface area contributed by atoms with Crippen molar-refractivity contribution in [1.29, 1.82) is 0 Å². The molecule has 0 radical (unpaired) electrons. The molecule has 1 aliphatic rings. The van der Waals surface area contributed by atoms with Crippen molar-refractivity contribution in [1.82, 2.24) is 15.5 Å². The van der Waals surface area contributed by atoms with Crippen LogP contribution in [0.1, 0.15) is 42.2 Å². The summed E-state index contributed by atoms with van der Waals surface area (Å²) in [6.07, 6.45) is 2.54. The van der Waals surface area contributed by atoms with Crippen LogP contribution in [0.25, 0.3) is 0 Å². The normalized spacial score (nSPS) is 22.1. The molecule has 0 amide bonds. The number of halogens is 1. The highest BCUT2D eigenvalue weighted by molar-refractivity contribution is 14.0. The third-order valence-electron chi connectivity index (χ3n) is 5.29. The first kappa shape index (κ1) is 22.6. The van der Waals surface area contributed by atoms with Gasteiger partial charge in [-0.2, -0.15) is 11.3 Å². The van der Waals surface area contributed by atoms with E-state index in [1.807, 2.05) is 18.4 Å². The van der Waals surface area contributed by atoms with Crippen LogP contribution in [-0.2, 0) is 0 Å². The van der Waals surface area contributed by atoms with Crippen molar-refractivity contribution >= 4 is 52.6 Å². The van der Waals surface area contributed by atoms with E-state index in [0.717, 1.165) is 19.0 Å². The number of thiophene rings is 2. The predicted molar refractivity (Wildman–Crippen MR) is 130 cm³/mol. The van der Waals surface area contributed by atoms with Crippen LogP contribution in [0, 0.1) is 5.92 Å². The molecule has 0 spiro atoms. The van der Waals surface area contributed by atoms with Gasteiger partial charge in [0.1, 0.15) is 0 Å². The van der Waals surface area contributed by atoms with Gasteiger partial charge in [-0.15, -0.1) is 35.3 Å². The minimum atomic E-state index is 0. The third kappa shape index (κ3) is 6.17. The summed E-state index contributed by atoms with van der Waals surface area (Å²) >= 11 is 3.63. The number of hydrogen-bond donors (Lipinski definition) is 2. The van der Waals surface area contributed by atoms with Crippen molar-refractivity contribution in [2.45, 2.75) is 31.7 Å². The number of guanidine groups is 1. The molecule has 0 aliphatic carbocycles. The topological polar surface area (TPSA) is 39.7 Å². The predicted octanol–water partition coefficient (Wildman–Crippen LogP) is 4.78. The fraction of sp³-hybridized carbons (Fsp3) is 0.550. The number of nitrogens with zero attached hydrogens (tertiary/aromatic N) is 2. The van der Waals surface area contributed by atoms with Crippen LogP contribution in [0.15, 0.2) is 39.3 Å². The summed E-state index contributed by atoms with van der Waals surface area (Å²) in [5.41, 5.74) is 1.39. The Morgan fingerprint density at radius 1 is 1.33 bits per heavy atom. The van der Waals surface area contributed by atoms with Gasteiger partial charge in [0.15, 0.2) is 5.96 Å². The highest BCUT2D eigenvalue weighted by Crippen LogP contribution is 2.36. The highest BCUT2D eigenvalue weighted by atomic mass is 127. The van der Waals surface area contributed by atoms with E-state index in [-0.39, 0.29) is 24.0 Å². The Bertz CT molecular complexity index is 672. The summed E-state index contributed by atoms with van der Waals surface area (Å²) in [6.45, 7) is 5.30. The lowest BCUT2D eigenvalue weighted by Crippen LogP contribution is -2.45. The van der Waals surface area contributed by atoms with Crippen molar-refractivity contribution in [3.05, 3.63) is 44.8 Å². The molecule has 1 fully saturated rings. The van der Waals surface area contributed by atoms with Crippen molar-refractivity contribution in [2.24, 2.45) is 10.9 Å². The summed E-state index contributed by atoms with van der Waals surface area (Å²) in [5.74, 6) is 2.00. The van der Waals surface area contributed by atoms with Crippen LogP contribution in [0.2, 0.25) is 0 Å². The van der Waals surface area contributed by atoms with Crippen molar-refractivity contribution in [3.63, 3.8) is 0 Å². The van der Waals surface area contributed by atoms with Gasteiger partial charge in [-0.3, -0.25) is 9.89 Å². The zero-order valence-corrected chi connectivity index (χ0v) is 20.3. The first-order valence-corrected chi connectivity index (χ1v) is 11.2. The first-order chi connectivity index (χ1) is 12.7. The Kier molecular flexibility index (Phi) is 9.55. The van der Waals surface area contributed by atoms with Crippen LogP contribution in [0.3, 0.4) is 0 Å². The highest BCUT2D eigenvalue weighted by Gasteiger charge is 2.31. The molecule has 3 atom stereocenters. The molecule has 3 rings (SSSR count). The molecule has 0 aromatic carbocycles. The van der Waals surface area contributed by atoms with E-state index in [4.69, 9.17) is 0 Å². The molecular formula is C20H31IN4S2. The van der Waals surface area contributed by atoms with Crippen LogP contribution in [-0.4, -0.2) is 44.6 Å². The van der Waals surface area contributed by atoms with E-state index in [9.17, 15) is 0 Å². The molecule has 150 valence electrons. The van der Waals surface area contributed by atoms with Crippen molar-refractivity contribution in [2.75, 3.05) is 33.7 Å². The lowest BCUT2D eigenvalue weighted by Gasteiger charge is -2.39. The Labute approximate surface area is 188 Å². The van der Waals surface area contributed by atoms with E-state index in [0.29, 0.717) is 17.9 Å². The van der Waals surface area contributed by atoms with Crippen LogP contribution >= 0.6 is 46.7 Å². The maximum absolute atomic E-state index is 4.42. The second-order valence-electron chi connectivity index (χ2n) is 7.13. The van der Waals surface area contributed by atoms with Gasteiger partial charge >= 0.3 is 0 Å². The Morgan fingerprint density at radius 2 is 2.19 bits per heavy atom. The van der Waals surface area contributed by atoms with E-state index < -0.39 is 0 Å². The molecule has 1 saturated heterocycles. The molecule has 1 aliphatic heterocycles. The molecule has 3 unspecified atom stereocenters. The monoisotopic (exact) mass is 518 g/mol. The largest absolute Gasteiger partial charge is 0.356 e. The van der Waals surface area contributed by atoms with Crippen LogP contribution in [0.4, 0.5) is 0 Å². The number of likely N-dealkylation sites (tertiary alicyclic amines) is 1. The maximum atomic E-state index is 4.42. The lowest BCUT2D eigenvalue weighted by molar-refractivity contribution is 0.125. The van der Waals surface area contributed by atoms with Gasteiger partial charge in [0, 0.05) is 31.1 Å². The summed E-state index contributed by atoms with van der Waals surface area (Å²) in [4.78, 5) is 8.41. The third-order valence-corrected chi connectivity index (χ3v) is 6.93. The summed E-state index contributed by atoms with van der Waals surface area (Å²) in [7, 11) is 4.11. The maximum Gasteiger partial charge on any atom is 0.191 e. The molecular weight excluding hydrogens is 487 g/mol. The number of hydrogen-bond acceptors (Lipinski definition) is 4. The van der Waals surface area contributed by atoms with Gasteiger partial charge in [0.25, 0.3) is 0 Å². The second kappa shape index (κ2) is 11.4. The zero-order valence-electron chi connectivity index (χ0n) is 16.4. The van der Waals surface area contributed by atoms with Crippen LogP contribution in [0.5, 0.6) is 0 Å². The SMILES string of the molecule is CN=C(NCC(C)c1ccsc1)NCC1CCCN(C)C1c1cccs1.I. The average Bonchev–Trinajstić information content (AvgIpc) is 3.35. The van der Waals surface area contributed by atoms with Crippen LogP contribution < -0.4 is 10.6 Å². The first-order valence-electron chi connectivity index (χ1n) is 9.39. The molecule has 7 heteroatoms. The Morgan fingerprint density at radius 3 is 2.85 bits per heavy atom. The number of piperidine rings is 1. The molecule has 2 aromatic heterocycles. The molecule has 0 bridgehead atoms. The fourth-order valence-corrected chi connectivity index (χ4v) is 5.52. The molecule has 3 heterocycles. The van der Waals surface area contributed by atoms with Gasteiger partial charge < -0.3 is 10.6 Å². The molecule has 2 aromatic rings. The quantitative estimate of drug-likeness (QED) is 0.329. The molecule has 2 N–H and O–H groups in total. The smallest absolute Gasteiger partial charge is 0.191 e. The molecule has 4 nitrogen and oxygen atoms in total. The number of nitrogens with one attached hydrogen (secondary N) is 2. The van der Waals surface area contributed by atoms with Crippen molar-refractivity contribution < 1.29 is 0 Å². The van der Waals surface area contributed by atoms with Gasteiger partial charge in [0.05, 0.1) is 0 Å². The summed E-state index contributed by atoms with van der Waals surface area (Å²) < 4.78 is 0. The Balaban J connectivity index is 0.00000261. The van der Waals surface area contributed by atoms with E-state index in [2.05, 4.69) is 68.8 Å². The number of aliphatic imine (C=N–C) groups is 1. The van der Waals surface area contributed by atoms with Gasteiger partial charge in [-0.05, 0) is 72.1 Å². The van der Waals surface area contributed by atoms with Gasteiger partial charge in [-0.25, -0.2) is 0 Å². The average molecular weight is 519 g/mol. The van der Waals surface area contributed by atoms with Crippen molar-refractivity contribution in [3.8, 4) is 0 Å². The van der Waals surface area contributed by atoms with Gasteiger partial charge in [-0.1, -0.05) is 13.0 Å². The second-order valence-corrected chi connectivity index (χ2v) is 8.89. The summed E-state index contributed by atoms with van der Waals surface area (Å²) in [6, 6.07) is 7.16. The summed E-state index contributed by atoms with van der Waals surface area (Å²) in [5, 5.41) is 13.6. The molecule has 27 heavy (non-hydrogen) atoms.